The molecule has 0 unspecified atom stereocenters. The second-order valence-corrected chi connectivity index (χ2v) is 3.19. The van der Waals surface area contributed by atoms with Gasteiger partial charge in [0.1, 0.15) is 5.75 Å². The van der Waals surface area contributed by atoms with Crippen LogP contribution < -0.4 is 10.1 Å². The molecule has 0 fully saturated rings. The van der Waals surface area contributed by atoms with Crippen molar-refractivity contribution >= 4 is 0 Å². The Balaban J connectivity index is 2.55. The Labute approximate surface area is 91.2 Å². The number of nitrogens with zero attached hydrogens (tertiary/aromatic N) is 1. The molecule has 0 aliphatic carbocycles. The van der Waals surface area contributed by atoms with Gasteiger partial charge in [0, 0.05) is 24.5 Å². The molecule has 0 saturated carbocycles. The van der Waals surface area contributed by atoms with Crippen LogP contribution in [0, 0.1) is 0 Å². The Kier molecular flexibility index (Phi) is 5.48. The Morgan fingerprint density at radius 2 is 2.47 bits per heavy atom. The van der Waals surface area contributed by atoms with Crippen molar-refractivity contribution in [2.75, 3.05) is 13.2 Å². The average Bonchev–Trinajstić information content (AvgIpc) is 2.28. The molecule has 1 N–H and O–H groups in total. The molecule has 0 amide bonds. The van der Waals surface area contributed by atoms with Crippen molar-refractivity contribution in [3.05, 3.63) is 36.7 Å². The van der Waals surface area contributed by atoms with E-state index in [4.69, 9.17) is 4.74 Å². The van der Waals surface area contributed by atoms with Gasteiger partial charge in [-0.05, 0) is 19.0 Å². The van der Waals surface area contributed by atoms with Gasteiger partial charge in [-0.1, -0.05) is 13.0 Å². The van der Waals surface area contributed by atoms with Crippen molar-refractivity contribution in [3.8, 4) is 5.75 Å². The summed E-state index contributed by atoms with van der Waals surface area (Å²) in [7, 11) is 0. The first kappa shape index (κ1) is 11.7. The number of hydrogen-bond acceptors (Lipinski definition) is 3. The molecule has 3 nitrogen and oxygen atoms in total. The van der Waals surface area contributed by atoms with Gasteiger partial charge < -0.3 is 10.1 Å². The summed E-state index contributed by atoms with van der Waals surface area (Å²) < 4.78 is 5.62. The molecule has 0 atom stereocenters. The largest absolute Gasteiger partial charge is 0.493 e. The molecule has 0 saturated heterocycles. The van der Waals surface area contributed by atoms with Crippen LogP contribution in [0.5, 0.6) is 5.75 Å². The molecule has 1 rings (SSSR count). The summed E-state index contributed by atoms with van der Waals surface area (Å²) in [6.45, 7) is 8.16. The molecule has 0 spiro atoms. The highest BCUT2D eigenvalue weighted by molar-refractivity contribution is 5.29. The van der Waals surface area contributed by atoms with E-state index in [2.05, 4.69) is 23.8 Å². The lowest BCUT2D eigenvalue weighted by Crippen LogP contribution is -2.13. The Morgan fingerprint density at radius 3 is 3.20 bits per heavy atom. The monoisotopic (exact) mass is 206 g/mol. The maximum absolute atomic E-state index is 5.62. The van der Waals surface area contributed by atoms with Gasteiger partial charge in [0.05, 0.1) is 6.61 Å². The second kappa shape index (κ2) is 7.01. The lowest BCUT2D eigenvalue weighted by Gasteiger charge is -2.10. The molecule has 3 heteroatoms. The molecule has 82 valence electrons. The fourth-order valence-corrected chi connectivity index (χ4v) is 1.20. The number of nitrogens with one attached hydrogen (secondary N) is 1. The zero-order chi connectivity index (χ0) is 10.9. The van der Waals surface area contributed by atoms with Crippen LogP contribution in [-0.2, 0) is 6.54 Å². The molecule has 1 aromatic rings. The molecule has 1 aromatic heterocycles. The third kappa shape index (κ3) is 4.13. The number of hydrogen-bond donors (Lipinski definition) is 1. The summed E-state index contributed by atoms with van der Waals surface area (Å²) in [5.74, 6) is 0.910. The summed E-state index contributed by atoms with van der Waals surface area (Å²) in [6.07, 6.45) is 6.30. The van der Waals surface area contributed by atoms with Crippen molar-refractivity contribution < 1.29 is 4.74 Å². The molecule has 0 bridgehead atoms. The summed E-state index contributed by atoms with van der Waals surface area (Å²) >= 11 is 0. The Morgan fingerprint density at radius 1 is 1.60 bits per heavy atom. The predicted molar refractivity (Wildman–Crippen MR) is 61.9 cm³/mol. The minimum absolute atomic E-state index is 0.673. The van der Waals surface area contributed by atoms with E-state index >= 15 is 0 Å². The van der Waals surface area contributed by atoms with Crippen LogP contribution in [0.25, 0.3) is 0 Å². The fourth-order valence-electron chi connectivity index (χ4n) is 1.20. The predicted octanol–water partition coefficient (Wildman–Crippen LogP) is 2.15. The van der Waals surface area contributed by atoms with E-state index in [1.807, 2.05) is 18.3 Å². The number of aromatic nitrogens is 1. The molecule has 0 radical (unpaired) electrons. The SMILES string of the molecule is C=CCCOc1ccncc1CNCC. The van der Waals surface area contributed by atoms with Crippen LogP contribution in [0.1, 0.15) is 18.9 Å². The van der Waals surface area contributed by atoms with Crippen LogP contribution in [0.2, 0.25) is 0 Å². The first-order chi connectivity index (χ1) is 7.38. The zero-order valence-corrected chi connectivity index (χ0v) is 9.20. The standard InChI is InChI=1S/C12H18N2O/c1-3-5-8-15-12-6-7-14-10-11(12)9-13-4-2/h3,6-7,10,13H,1,4-5,8-9H2,2H3. The topological polar surface area (TPSA) is 34.1 Å². The number of pyridine rings is 1. The lowest BCUT2D eigenvalue weighted by molar-refractivity contribution is 0.320. The van der Waals surface area contributed by atoms with Gasteiger partial charge in [-0.3, -0.25) is 4.98 Å². The van der Waals surface area contributed by atoms with Gasteiger partial charge in [-0.15, -0.1) is 6.58 Å². The molecule has 0 aliphatic rings. The highest BCUT2D eigenvalue weighted by Gasteiger charge is 2.01. The van der Waals surface area contributed by atoms with Crippen molar-refractivity contribution in [2.24, 2.45) is 0 Å². The Hall–Kier alpha value is -1.35. The van der Waals surface area contributed by atoms with E-state index in [9.17, 15) is 0 Å². The first-order valence-electron chi connectivity index (χ1n) is 5.25. The Bertz CT molecular complexity index is 299. The number of ether oxygens (including phenoxy) is 1. The second-order valence-electron chi connectivity index (χ2n) is 3.19. The molecule has 0 aromatic carbocycles. The zero-order valence-electron chi connectivity index (χ0n) is 9.20. The van der Waals surface area contributed by atoms with Gasteiger partial charge >= 0.3 is 0 Å². The van der Waals surface area contributed by atoms with E-state index in [-0.39, 0.29) is 0 Å². The van der Waals surface area contributed by atoms with E-state index in [1.165, 1.54) is 0 Å². The third-order valence-electron chi connectivity index (χ3n) is 2.00. The van der Waals surface area contributed by atoms with Crippen LogP contribution in [-0.4, -0.2) is 18.1 Å². The summed E-state index contributed by atoms with van der Waals surface area (Å²) in [4.78, 5) is 4.09. The molecule has 1 heterocycles. The van der Waals surface area contributed by atoms with Crippen molar-refractivity contribution in [1.29, 1.82) is 0 Å². The summed E-state index contributed by atoms with van der Waals surface area (Å²) in [5.41, 5.74) is 1.10. The number of rotatable bonds is 7. The lowest BCUT2D eigenvalue weighted by atomic mass is 10.2. The normalized spacial score (nSPS) is 9.93. The van der Waals surface area contributed by atoms with Gasteiger partial charge in [-0.2, -0.15) is 0 Å². The van der Waals surface area contributed by atoms with Gasteiger partial charge in [0.2, 0.25) is 0 Å². The molecular weight excluding hydrogens is 188 g/mol. The van der Waals surface area contributed by atoms with Gasteiger partial charge in [-0.25, -0.2) is 0 Å². The van der Waals surface area contributed by atoms with Crippen molar-refractivity contribution in [3.63, 3.8) is 0 Å². The van der Waals surface area contributed by atoms with Crippen LogP contribution >= 0.6 is 0 Å². The van der Waals surface area contributed by atoms with Crippen LogP contribution in [0.15, 0.2) is 31.1 Å². The van der Waals surface area contributed by atoms with Crippen LogP contribution in [0.4, 0.5) is 0 Å². The molecule has 15 heavy (non-hydrogen) atoms. The maximum atomic E-state index is 5.62. The minimum atomic E-state index is 0.673. The smallest absolute Gasteiger partial charge is 0.126 e. The first-order valence-corrected chi connectivity index (χ1v) is 5.25. The average molecular weight is 206 g/mol. The quantitative estimate of drug-likeness (QED) is 0.548. The minimum Gasteiger partial charge on any atom is -0.493 e. The molecule has 0 aliphatic heterocycles. The van der Waals surface area contributed by atoms with Gasteiger partial charge in [0.15, 0.2) is 0 Å². The molecular formula is C12H18N2O. The van der Waals surface area contributed by atoms with Crippen molar-refractivity contribution in [2.45, 2.75) is 19.9 Å². The van der Waals surface area contributed by atoms with E-state index < -0.39 is 0 Å². The fraction of sp³-hybridized carbons (Fsp3) is 0.417. The van der Waals surface area contributed by atoms with Gasteiger partial charge in [0.25, 0.3) is 0 Å². The van der Waals surface area contributed by atoms with E-state index in [0.717, 1.165) is 30.8 Å². The summed E-state index contributed by atoms with van der Waals surface area (Å²) in [5, 5.41) is 3.26. The van der Waals surface area contributed by atoms with Crippen molar-refractivity contribution in [1.82, 2.24) is 10.3 Å². The van der Waals surface area contributed by atoms with Crippen LogP contribution in [0.3, 0.4) is 0 Å². The summed E-state index contributed by atoms with van der Waals surface area (Å²) in [6, 6.07) is 1.90. The highest BCUT2D eigenvalue weighted by atomic mass is 16.5. The maximum Gasteiger partial charge on any atom is 0.126 e. The van der Waals surface area contributed by atoms with E-state index in [1.54, 1.807) is 6.20 Å². The third-order valence-corrected chi connectivity index (χ3v) is 2.00. The van der Waals surface area contributed by atoms with E-state index in [0.29, 0.717) is 6.61 Å². The highest BCUT2D eigenvalue weighted by Crippen LogP contribution is 2.16.